The first-order valence-electron chi connectivity index (χ1n) is 5.57. The molecule has 4 nitrogen and oxygen atoms in total. The zero-order valence-corrected chi connectivity index (χ0v) is 10.6. The maximum absolute atomic E-state index is 11.4. The number of carbonyl (C=O) groups excluding carboxylic acids is 1. The Balaban J connectivity index is 2.26. The van der Waals surface area contributed by atoms with Gasteiger partial charge in [-0.15, -0.1) is 11.3 Å². The molecular weight excluding hydrogens is 222 g/mol. The lowest BCUT2D eigenvalue weighted by Crippen LogP contribution is -2.25. The van der Waals surface area contributed by atoms with Gasteiger partial charge in [-0.25, -0.2) is 4.98 Å². The van der Waals surface area contributed by atoms with Gasteiger partial charge in [0.2, 0.25) is 5.91 Å². The fraction of sp³-hybridized carbons (Fsp3) is 0.636. The van der Waals surface area contributed by atoms with Crippen LogP contribution in [0.15, 0.2) is 5.38 Å². The lowest BCUT2D eigenvalue weighted by Gasteiger charge is -2.05. The first kappa shape index (κ1) is 13.1. The summed E-state index contributed by atoms with van der Waals surface area (Å²) in [5.41, 5.74) is 6.52. The molecule has 0 saturated carbocycles. The Morgan fingerprint density at radius 1 is 1.69 bits per heavy atom. The fourth-order valence-electron chi connectivity index (χ4n) is 1.23. The summed E-state index contributed by atoms with van der Waals surface area (Å²) in [7, 11) is 0. The molecule has 90 valence electrons. The molecule has 3 N–H and O–H groups in total. The van der Waals surface area contributed by atoms with E-state index < -0.39 is 0 Å². The van der Waals surface area contributed by atoms with E-state index in [2.05, 4.69) is 17.2 Å². The highest BCUT2D eigenvalue weighted by Crippen LogP contribution is 2.09. The maximum Gasteiger partial charge on any atom is 0.220 e. The van der Waals surface area contributed by atoms with Crippen LogP contribution in [-0.2, 0) is 17.8 Å². The summed E-state index contributed by atoms with van der Waals surface area (Å²) in [5.74, 6) is 0.0448. The summed E-state index contributed by atoms with van der Waals surface area (Å²) < 4.78 is 0. The number of nitrogens with one attached hydrogen (secondary N) is 1. The lowest BCUT2D eigenvalue weighted by atomic mass is 10.2. The molecular formula is C11H19N3OS. The first-order valence-corrected chi connectivity index (χ1v) is 6.45. The Morgan fingerprint density at radius 3 is 3.00 bits per heavy atom. The molecule has 5 heteroatoms. The van der Waals surface area contributed by atoms with Crippen molar-refractivity contribution in [2.75, 3.05) is 0 Å². The van der Waals surface area contributed by atoms with Gasteiger partial charge < -0.3 is 11.1 Å². The van der Waals surface area contributed by atoms with E-state index in [0.29, 0.717) is 13.0 Å². The van der Waals surface area contributed by atoms with Crippen LogP contribution in [-0.4, -0.2) is 16.9 Å². The smallest absolute Gasteiger partial charge is 0.220 e. The number of amides is 1. The van der Waals surface area contributed by atoms with Crippen molar-refractivity contribution in [1.29, 1.82) is 0 Å². The first-order chi connectivity index (χ1) is 7.61. The van der Waals surface area contributed by atoms with Gasteiger partial charge in [0.25, 0.3) is 0 Å². The van der Waals surface area contributed by atoms with Gasteiger partial charge in [0, 0.05) is 17.8 Å². The highest BCUT2D eigenvalue weighted by Gasteiger charge is 2.05. The van der Waals surface area contributed by atoms with Crippen LogP contribution in [0.2, 0.25) is 0 Å². The number of carbonyl (C=O) groups is 1. The predicted octanol–water partition coefficient (Wildman–Crippen LogP) is 1.45. The van der Waals surface area contributed by atoms with Crippen molar-refractivity contribution in [2.24, 2.45) is 5.73 Å². The molecule has 0 fully saturated rings. The largest absolute Gasteiger partial charge is 0.350 e. The van der Waals surface area contributed by atoms with Gasteiger partial charge in [0.15, 0.2) is 0 Å². The molecule has 1 atom stereocenters. The Bertz CT molecular complexity index is 336. The molecule has 0 radical (unpaired) electrons. The Labute approximate surface area is 100 Å². The SMILES string of the molecule is CCc1nc(CNC(=O)CCC(C)N)cs1. The highest BCUT2D eigenvalue weighted by atomic mass is 32.1. The maximum atomic E-state index is 11.4. The molecule has 1 aromatic heterocycles. The molecule has 0 saturated heterocycles. The summed E-state index contributed by atoms with van der Waals surface area (Å²) in [5, 5.41) is 5.94. The van der Waals surface area contributed by atoms with Crippen LogP contribution in [0.25, 0.3) is 0 Å². The molecule has 0 aliphatic carbocycles. The van der Waals surface area contributed by atoms with Crippen LogP contribution in [0.1, 0.15) is 37.4 Å². The van der Waals surface area contributed by atoms with E-state index in [-0.39, 0.29) is 11.9 Å². The number of hydrogen-bond donors (Lipinski definition) is 2. The summed E-state index contributed by atoms with van der Waals surface area (Å²) in [6.07, 6.45) is 2.16. The van der Waals surface area contributed by atoms with Crippen molar-refractivity contribution in [2.45, 2.75) is 45.7 Å². The van der Waals surface area contributed by atoms with E-state index in [1.807, 2.05) is 12.3 Å². The minimum atomic E-state index is 0.0448. The van der Waals surface area contributed by atoms with Gasteiger partial charge in [0.1, 0.15) is 0 Å². The molecule has 0 aliphatic heterocycles. The number of aromatic nitrogens is 1. The average Bonchev–Trinajstić information content (AvgIpc) is 2.71. The number of aryl methyl sites for hydroxylation is 1. The van der Waals surface area contributed by atoms with Gasteiger partial charge in [-0.2, -0.15) is 0 Å². The monoisotopic (exact) mass is 241 g/mol. The van der Waals surface area contributed by atoms with Crippen LogP contribution in [0.4, 0.5) is 0 Å². The summed E-state index contributed by atoms with van der Waals surface area (Å²) in [4.78, 5) is 15.8. The second-order valence-corrected chi connectivity index (χ2v) is 4.82. The molecule has 1 aromatic rings. The van der Waals surface area contributed by atoms with E-state index in [9.17, 15) is 4.79 Å². The normalized spacial score (nSPS) is 12.4. The highest BCUT2D eigenvalue weighted by molar-refractivity contribution is 7.09. The molecule has 0 spiro atoms. The number of rotatable bonds is 6. The van der Waals surface area contributed by atoms with Crippen molar-refractivity contribution in [3.8, 4) is 0 Å². The third-order valence-electron chi connectivity index (χ3n) is 2.20. The minimum Gasteiger partial charge on any atom is -0.350 e. The van der Waals surface area contributed by atoms with Crippen molar-refractivity contribution in [3.63, 3.8) is 0 Å². The third-order valence-corrected chi connectivity index (χ3v) is 3.24. The van der Waals surface area contributed by atoms with E-state index in [0.717, 1.165) is 23.5 Å². The third kappa shape index (κ3) is 4.72. The van der Waals surface area contributed by atoms with Crippen LogP contribution in [0.3, 0.4) is 0 Å². The fourth-order valence-corrected chi connectivity index (χ4v) is 1.97. The number of thiazole rings is 1. The van der Waals surface area contributed by atoms with Crippen LogP contribution < -0.4 is 11.1 Å². The summed E-state index contributed by atoms with van der Waals surface area (Å²) in [6.45, 7) is 4.50. The van der Waals surface area contributed by atoms with Crippen molar-refractivity contribution in [3.05, 3.63) is 16.1 Å². The van der Waals surface area contributed by atoms with Crippen LogP contribution >= 0.6 is 11.3 Å². The van der Waals surface area contributed by atoms with Gasteiger partial charge in [-0.05, 0) is 19.8 Å². The van der Waals surface area contributed by atoms with Gasteiger partial charge >= 0.3 is 0 Å². The zero-order valence-electron chi connectivity index (χ0n) is 9.82. The molecule has 1 rings (SSSR count). The zero-order chi connectivity index (χ0) is 12.0. The van der Waals surface area contributed by atoms with E-state index in [1.54, 1.807) is 11.3 Å². The Kier molecular flexibility index (Phi) is 5.42. The quantitative estimate of drug-likeness (QED) is 0.792. The van der Waals surface area contributed by atoms with Crippen LogP contribution in [0.5, 0.6) is 0 Å². The second-order valence-electron chi connectivity index (χ2n) is 3.88. The lowest BCUT2D eigenvalue weighted by molar-refractivity contribution is -0.121. The Morgan fingerprint density at radius 2 is 2.44 bits per heavy atom. The molecule has 1 heterocycles. The topological polar surface area (TPSA) is 68.0 Å². The Hall–Kier alpha value is -0.940. The van der Waals surface area contributed by atoms with Crippen molar-refractivity contribution in [1.82, 2.24) is 10.3 Å². The standard InChI is InChI=1S/C11H19N3OS/c1-3-11-14-9(7-16-11)6-13-10(15)5-4-8(2)12/h7-8H,3-6,12H2,1-2H3,(H,13,15). The van der Waals surface area contributed by atoms with Crippen molar-refractivity contribution < 1.29 is 4.79 Å². The van der Waals surface area contributed by atoms with E-state index >= 15 is 0 Å². The molecule has 0 aromatic carbocycles. The minimum absolute atomic E-state index is 0.0448. The number of hydrogen-bond acceptors (Lipinski definition) is 4. The van der Waals surface area contributed by atoms with E-state index in [1.165, 1.54) is 0 Å². The number of nitrogens with two attached hydrogens (primary N) is 1. The van der Waals surface area contributed by atoms with Gasteiger partial charge in [-0.1, -0.05) is 6.92 Å². The second kappa shape index (κ2) is 6.60. The predicted molar refractivity (Wildman–Crippen MR) is 66.2 cm³/mol. The van der Waals surface area contributed by atoms with Crippen LogP contribution in [0, 0.1) is 0 Å². The van der Waals surface area contributed by atoms with E-state index in [4.69, 9.17) is 5.73 Å². The molecule has 1 unspecified atom stereocenters. The molecule has 0 aliphatic rings. The van der Waals surface area contributed by atoms with Gasteiger partial charge in [0.05, 0.1) is 17.2 Å². The number of nitrogens with zero attached hydrogens (tertiary/aromatic N) is 1. The summed E-state index contributed by atoms with van der Waals surface area (Å²) >= 11 is 1.64. The molecule has 1 amide bonds. The molecule has 16 heavy (non-hydrogen) atoms. The molecule has 0 bridgehead atoms. The van der Waals surface area contributed by atoms with Gasteiger partial charge in [-0.3, -0.25) is 4.79 Å². The van der Waals surface area contributed by atoms with Crippen molar-refractivity contribution >= 4 is 17.2 Å². The average molecular weight is 241 g/mol. The summed E-state index contributed by atoms with van der Waals surface area (Å²) in [6, 6.07) is 0.0803.